The number of rotatable bonds is 7. The lowest BCUT2D eigenvalue weighted by molar-refractivity contribution is -0.384. The van der Waals surface area contributed by atoms with Crippen LogP contribution in [0.25, 0.3) is 0 Å². The van der Waals surface area contributed by atoms with Gasteiger partial charge in [-0.3, -0.25) is 20.2 Å². The molecular weight excluding hydrogens is 414 g/mol. The Hall–Kier alpha value is -3.33. The van der Waals surface area contributed by atoms with E-state index in [9.17, 15) is 19.7 Å². The summed E-state index contributed by atoms with van der Waals surface area (Å²) in [4.78, 5) is 34.1. The Morgan fingerprint density at radius 2 is 1.80 bits per heavy atom. The number of non-ortho nitro benzene ring substituents is 1. The molecule has 160 valence electrons. The second kappa shape index (κ2) is 9.93. The van der Waals surface area contributed by atoms with Gasteiger partial charge in [0.15, 0.2) is 0 Å². The first-order valence-corrected chi connectivity index (χ1v) is 9.38. The first-order chi connectivity index (χ1) is 14.0. The van der Waals surface area contributed by atoms with E-state index in [4.69, 9.17) is 21.1 Å². The maximum absolute atomic E-state index is 12.2. The molecule has 0 aliphatic rings. The molecule has 0 radical (unpaired) electrons. The molecule has 0 fully saturated rings. The number of benzene rings is 2. The first kappa shape index (κ1) is 23.0. The number of nitro groups is 1. The SMILES string of the molecule is CC(C)(C)OC(=O)Nc1ccc(OCCNC(=O)c2cc([N+](=O)[O-])ccc2Cl)cc1. The molecule has 9 nitrogen and oxygen atoms in total. The Morgan fingerprint density at radius 1 is 1.13 bits per heavy atom. The van der Waals surface area contributed by atoms with Gasteiger partial charge in [-0.05, 0) is 51.1 Å². The Balaban J connectivity index is 1.81. The number of amides is 2. The van der Waals surface area contributed by atoms with Gasteiger partial charge in [0, 0.05) is 17.8 Å². The van der Waals surface area contributed by atoms with Crippen molar-refractivity contribution in [1.82, 2.24) is 5.32 Å². The van der Waals surface area contributed by atoms with E-state index in [1.165, 1.54) is 12.1 Å². The van der Waals surface area contributed by atoms with Gasteiger partial charge in [0.1, 0.15) is 18.0 Å². The van der Waals surface area contributed by atoms with Gasteiger partial charge >= 0.3 is 6.09 Å². The second-order valence-corrected chi connectivity index (χ2v) is 7.58. The lowest BCUT2D eigenvalue weighted by atomic mass is 10.2. The maximum atomic E-state index is 12.2. The number of hydrogen-bond donors (Lipinski definition) is 2. The summed E-state index contributed by atoms with van der Waals surface area (Å²) in [6.07, 6.45) is -0.557. The summed E-state index contributed by atoms with van der Waals surface area (Å²) in [5.41, 5.74) is -0.249. The van der Waals surface area contributed by atoms with Gasteiger partial charge in [0.05, 0.1) is 22.1 Å². The van der Waals surface area contributed by atoms with E-state index in [-0.39, 0.29) is 29.4 Å². The average Bonchev–Trinajstić information content (AvgIpc) is 2.65. The summed E-state index contributed by atoms with van der Waals surface area (Å²) in [5.74, 6) is -0.00317. The molecule has 0 aliphatic carbocycles. The zero-order valence-electron chi connectivity index (χ0n) is 16.7. The molecule has 2 amide bonds. The van der Waals surface area contributed by atoms with Crippen LogP contribution in [0.2, 0.25) is 5.02 Å². The standard InChI is InChI=1S/C20H22ClN3O6/c1-20(2,3)30-19(26)23-13-4-7-15(8-5-13)29-11-10-22-18(25)16-12-14(24(27)28)6-9-17(16)21/h4-9,12H,10-11H2,1-3H3,(H,22,25)(H,23,26). The third kappa shape index (κ3) is 7.25. The number of carbonyl (C=O) groups excluding carboxylic acids is 2. The van der Waals surface area contributed by atoms with Crippen molar-refractivity contribution < 1.29 is 24.0 Å². The Labute approximate surface area is 178 Å². The van der Waals surface area contributed by atoms with Crippen LogP contribution in [0.4, 0.5) is 16.2 Å². The lowest BCUT2D eigenvalue weighted by Gasteiger charge is -2.19. The molecular formula is C20H22ClN3O6. The monoisotopic (exact) mass is 435 g/mol. The number of ether oxygens (including phenoxy) is 2. The molecule has 0 saturated carbocycles. The summed E-state index contributed by atoms with van der Waals surface area (Å²) in [6, 6.07) is 10.3. The van der Waals surface area contributed by atoms with Crippen LogP contribution in [0, 0.1) is 10.1 Å². The van der Waals surface area contributed by atoms with Crippen LogP contribution in [-0.4, -0.2) is 35.7 Å². The highest BCUT2D eigenvalue weighted by molar-refractivity contribution is 6.33. The zero-order valence-corrected chi connectivity index (χ0v) is 17.5. The number of hydrogen-bond acceptors (Lipinski definition) is 6. The van der Waals surface area contributed by atoms with E-state index in [0.717, 1.165) is 6.07 Å². The fourth-order valence-corrected chi connectivity index (χ4v) is 2.49. The number of halogens is 1. The van der Waals surface area contributed by atoms with Crippen molar-refractivity contribution in [1.29, 1.82) is 0 Å². The lowest BCUT2D eigenvalue weighted by Crippen LogP contribution is -2.28. The molecule has 0 unspecified atom stereocenters. The summed E-state index contributed by atoms with van der Waals surface area (Å²) < 4.78 is 10.7. The number of nitrogens with one attached hydrogen (secondary N) is 2. The molecule has 0 bridgehead atoms. The van der Waals surface area contributed by atoms with Gasteiger partial charge in [0.2, 0.25) is 0 Å². The molecule has 0 aliphatic heterocycles. The Kier molecular flexibility index (Phi) is 7.60. The van der Waals surface area contributed by atoms with Gasteiger partial charge in [-0.15, -0.1) is 0 Å². The number of carbonyl (C=O) groups is 2. The van der Waals surface area contributed by atoms with E-state index < -0.39 is 22.5 Å². The number of anilines is 1. The van der Waals surface area contributed by atoms with E-state index in [2.05, 4.69) is 10.6 Å². The van der Waals surface area contributed by atoms with Crippen molar-refractivity contribution in [3.8, 4) is 5.75 Å². The van der Waals surface area contributed by atoms with Crippen LogP contribution in [0.1, 0.15) is 31.1 Å². The minimum atomic E-state index is -0.600. The van der Waals surface area contributed by atoms with Crippen LogP contribution in [0.15, 0.2) is 42.5 Å². The van der Waals surface area contributed by atoms with Crippen molar-refractivity contribution in [2.45, 2.75) is 26.4 Å². The smallest absolute Gasteiger partial charge is 0.412 e. The number of nitrogens with zero attached hydrogens (tertiary/aromatic N) is 1. The molecule has 0 heterocycles. The molecule has 2 aromatic carbocycles. The highest BCUT2D eigenvalue weighted by Gasteiger charge is 2.17. The van der Waals surface area contributed by atoms with Gasteiger partial charge in [-0.1, -0.05) is 11.6 Å². The summed E-state index contributed by atoms with van der Waals surface area (Å²) in [7, 11) is 0. The van der Waals surface area contributed by atoms with Crippen molar-refractivity contribution in [2.75, 3.05) is 18.5 Å². The van der Waals surface area contributed by atoms with E-state index in [1.807, 2.05) is 0 Å². The molecule has 0 spiro atoms. The predicted molar refractivity (Wildman–Crippen MR) is 112 cm³/mol. The number of nitro benzene ring substituents is 1. The van der Waals surface area contributed by atoms with Gasteiger partial charge in [0.25, 0.3) is 11.6 Å². The van der Waals surface area contributed by atoms with Crippen LogP contribution >= 0.6 is 11.6 Å². The van der Waals surface area contributed by atoms with Crippen molar-refractivity contribution in [3.63, 3.8) is 0 Å². The molecule has 0 saturated heterocycles. The van der Waals surface area contributed by atoms with Crippen molar-refractivity contribution in [2.24, 2.45) is 0 Å². The minimum Gasteiger partial charge on any atom is -0.492 e. The predicted octanol–water partition coefficient (Wildman–Crippen LogP) is 4.40. The average molecular weight is 436 g/mol. The van der Waals surface area contributed by atoms with Crippen LogP contribution in [-0.2, 0) is 4.74 Å². The van der Waals surface area contributed by atoms with E-state index >= 15 is 0 Å². The van der Waals surface area contributed by atoms with Crippen LogP contribution in [0.3, 0.4) is 0 Å². The fraction of sp³-hybridized carbons (Fsp3) is 0.300. The van der Waals surface area contributed by atoms with Crippen LogP contribution in [0.5, 0.6) is 5.75 Å². The van der Waals surface area contributed by atoms with Gasteiger partial charge < -0.3 is 14.8 Å². The summed E-state index contributed by atoms with van der Waals surface area (Å²) >= 11 is 5.94. The normalized spacial score (nSPS) is 10.8. The molecule has 0 aromatic heterocycles. The summed E-state index contributed by atoms with van der Waals surface area (Å²) in [6.45, 7) is 5.65. The Bertz CT molecular complexity index is 925. The molecule has 0 atom stereocenters. The highest BCUT2D eigenvalue weighted by Crippen LogP contribution is 2.22. The van der Waals surface area contributed by atoms with Gasteiger partial charge in [-0.25, -0.2) is 4.79 Å². The molecule has 30 heavy (non-hydrogen) atoms. The molecule has 10 heteroatoms. The molecule has 2 aromatic rings. The quantitative estimate of drug-likeness (QED) is 0.377. The Morgan fingerprint density at radius 3 is 2.40 bits per heavy atom. The van der Waals surface area contributed by atoms with Gasteiger partial charge in [-0.2, -0.15) is 0 Å². The van der Waals surface area contributed by atoms with E-state index in [0.29, 0.717) is 11.4 Å². The van der Waals surface area contributed by atoms with Crippen LogP contribution < -0.4 is 15.4 Å². The topological polar surface area (TPSA) is 120 Å². The second-order valence-electron chi connectivity index (χ2n) is 7.18. The highest BCUT2D eigenvalue weighted by atomic mass is 35.5. The van der Waals surface area contributed by atoms with Crippen molar-refractivity contribution in [3.05, 3.63) is 63.2 Å². The molecule has 2 rings (SSSR count). The van der Waals surface area contributed by atoms with Crippen molar-refractivity contribution >= 4 is 35.0 Å². The molecule has 2 N–H and O–H groups in total. The first-order valence-electron chi connectivity index (χ1n) is 9.00. The maximum Gasteiger partial charge on any atom is 0.412 e. The zero-order chi connectivity index (χ0) is 22.3. The minimum absolute atomic E-state index is 0.0171. The largest absolute Gasteiger partial charge is 0.492 e. The van der Waals surface area contributed by atoms with E-state index in [1.54, 1.807) is 45.0 Å². The third-order valence-corrected chi connectivity index (χ3v) is 3.89. The fourth-order valence-electron chi connectivity index (χ4n) is 2.29. The third-order valence-electron chi connectivity index (χ3n) is 3.56. The summed E-state index contributed by atoms with van der Waals surface area (Å²) in [5, 5.41) is 16.1.